The molecule has 1 rings (SSSR count). The van der Waals surface area contributed by atoms with Crippen molar-refractivity contribution in [2.24, 2.45) is 0 Å². The SMILES string of the molecule is CCCCCCCC=C[Si]1(C)O[SiH2]O[SiH2]O[SiH2]O[Si](C)(C)O[Si](C)(C)O[Si](C)(C)O1. The lowest BCUT2D eigenvalue weighted by Crippen LogP contribution is -2.58. The summed E-state index contributed by atoms with van der Waals surface area (Å²) >= 11 is 0. The molecule has 0 spiro atoms. The lowest BCUT2D eigenvalue weighted by atomic mass is 10.1. The first-order chi connectivity index (χ1) is 13.9. The Hall–Kier alpha value is 0.978. The van der Waals surface area contributed by atoms with Gasteiger partial charge < -0.3 is 28.8 Å². The predicted octanol–water partition coefficient (Wildman–Crippen LogP) is 2.75. The van der Waals surface area contributed by atoms with Crippen molar-refractivity contribution in [3.05, 3.63) is 11.8 Å². The van der Waals surface area contributed by atoms with Gasteiger partial charge in [-0.1, -0.05) is 38.7 Å². The first kappa shape index (κ1) is 29.0. The van der Waals surface area contributed by atoms with Crippen molar-refractivity contribution in [2.75, 3.05) is 0 Å². The third kappa shape index (κ3) is 13.5. The van der Waals surface area contributed by atoms with Gasteiger partial charge >= 0.3 is 34.2 Å². The molecule has 14 heteroatoms. The summed E-state index contributed by atoms with van der Waals surface area (Å²) in [5.41, 5.74) is 2.18. The van der Waals surface area contributed by atoms with Crippen LogP contribution in [0.1, 0.15) is 45.4 Å². The highest BCUT2D eigenvalue weighted by molar-refractivity contribution is 6.89. The molecule has 1 fully saturated rings. The molecule has 0 aromatic rings. The Kier molecular flexibility index (Phi) is 13.2. The van der Waals surface area contributed by atoms with Crippen LogP contribution in [-0.4, -0.2) is 64.3 Å². The Balaban J connectivity index is 2.83. The van der Waals surface area contributed by atoms with Crippen molar-refractivity contribution in [1.29, 1.82) is 0 Å². The van der Waals surface area contributed by atoms with Gasteiger partial charge in [0.25, 0.3) is 30.0 Å². The van der Waals surface area contributed by atoms with Crippen molar-refractivity contribution >= 4 is 64.3 Å². The van der Waals surface area contributed by atoms with Crippen molar-refractivity contribution in [3.63, 3.8) is 0 Å². The molecule has 1 unspecified atom stereocenters. The standard InChI is InChI=1S/C16H44O7Si7/c1-9-10-11-12-13-14-15-16-30(8)20-26-18-24-17-25-19-27(2,3)21-28(4,5)22-29(6,7)23-30/h15-16H,9-14,24-26H2,1-8H3. The fourth-order valence-corrected chi connectivity index (χ4v) is 27.0. The van der Waals surface area contributed by atoms with Gasteiger partial charge in [0.05, 0.1) is 0 Å². The number of hydrogen-bond donors (Lipinski definition) is 0. The minimum Gasteiger partial charge on any atom is -0.425 e. The second-order valence-corrected chi connectivity index (χ2v) is 28.7. The average molecular weight is 545 g/mol. The summed E-state index contributed by atoms with van der Waals surface area (Å²) in [6, 6.07) is 0. The third-order valence-electron chi connectivity index (χ3n) is 4.41. The molecule has 1 heterocycles. The molecule has 1 saturated heterocycles. The summed E-state index contributed by atoms with van der Waals surface area (Å²) < 4.78 is 43.4. The van der Waals surface area contributed by atoms with E-state index in [4.69, 9.17) is 28.8 Å². The van der Waals surface area contributed by atoms with Crippen LogP contribution in [0.15, 0.2) is 11.8 Å². The lowest BCUT2D eigenvalue weighted by molar-refractivity contribution is 0.273. The van der Waals surface area contributed by atoms with Crippen LogP contribution < -0.4 is 0 Å². The first-order valence-corrected chi connectivity index (χ1v) is 25.4. The smallest absolute Gasteiger partial charge is 0.343 e. The molecule has 0 aromatic carbocycles. The molecule has 0 saturated carbocycles. The molecule has 0 aromatic heterocycles. The van der Waals surface area contributed by atoms with E-state index in [9.17, 15) is 0 Å². The Morgan fingerprint density at radius 2 is 1.20 bits per heavy atom. The number of unbranched alkanes of at least 4 members (excludes halogenated alkanes) is 5. The zero-order valence-electron chi connectivity index (χ0n) is 20.4. The quantitative estimate of drug-likeness (QED) is 0.361. The highest BCUT2D eigenvalue weighted by Gasteiger charge is 2.45. The Labute approximate surface area is 195 Å². The second kappa shape index (κ2) is 13.6. The second-order valence-electron chi connectivity index (χ2n) is 9.18. The molecule has 0 amide bonds. The van der Waals surface area contributed by atoms with Crippen LogP contribution in [0.25, 0.3) is 0 Å². The molecule has 0 N–H and O–H groups in total. The summed E-state index contributed by atoms with van der Waals surface area (Å²) in [6.07, 6.45) is 9.72. The molecule has 30 heavy (non-hydrogen) atoms. The highest BCUT2D eigenvalue weighted by Crippen LogP contribution is 2.25. The van der Waals surface area contributed by atoms with Crippen LogP contribution in [0.2, 0.25) is 45.8 Å². The molecule has 1 atom stereocenters. The molecule has 178 valence electrons. The molecular weight excluding hydrogens is 501 g/mol. The van der Waals surface area contributed by atoms with Gasteiger partial charge in [-0.2, -0.15) is 0 Å². The van der Waals surface area contributed by atoms with E-state index in [2.05, 4.69) is 64.5 Å². The van der Waals surface area contributed by atoms with Crippen LogP contribution in [0.5, 0.6) is 0 Å². The molecule has 7 nitrogen and oxygen atoms in total. The Morgan fingerprint density at radius 3 is 1.87 bits per heavy atom. The van der Waals surface area contributed by atoms with Gasteiger partial charge in [0.1, 0.15) is 0 Å². The highest BCUT2D eigenvalue weighted by atomic mass is 28.5. The minimum absolute atomic E-state index is 1.05. The van der Waals surface area contributed by atoms with E-state index in [-0.39, 0.29) is 0 Å². The van der Waals surface area contributed by atoms with Crippen LogP contribution in [0.3, 0.4) is 0 Å². The summed E-state index contributed by atoms with van der Waals surface area (Å²) in [5.74, 6) is 0. The average Bonchev–Trinajstić information content (AvgIpc) is 2.56. The molecule has 1 aliphatic heterocycles. The summed E-state index contributed by atoms with van der Waals surface area (Å²) in [5, 5.41) is 0. The van der Waals surface area contributed by atoms with Crippen LogP contribution in [0.4, 0.5) is 0 Å². The number of allylic oxidation sites excluding steroid dienone is 1. The van der Waals surface area contributed by atoms with Gasteiger partial charge in [-0.05, 0) is 64.4 Å². The predicted molar refractivity (Wildman–Crippen MR) is 140 cm³/mol. The van der Waals surface area contributed by atoms with E-state index in [1.54, 1.807) is 0 Å². The van der Waals surface area contributed by atoms with Crippen LogP contribution >= 0.6 is 0 Å². The van der Waals surface area contributed by atoms with Crippen molar-refractivity contribution in [2.45, 2.75) is 91.3 Å². The van der Waals surface area contributed by atoms with E-state index in [0.29, 0.717) is 0 Å². The normalized spacial score (nSPS) is 30.7. The lowest BCUT2D eigenvalue weighted by Gasteiger charge is -2.40. The van der Waals surface area contributed by atoms with Gasteiger partial charge in [0.2, 0.25) is 0 Å². The first-order valence-electron chi connectivity index (χ1n) is 11.1. The van der Waals surface area contributed by atoms with Crippen molar-refractivity contribution in [1.82, 2.24) is 0 Å². The van der Waals surface area contributed by atoms with Crippen LogP contribution in [0, 0.1) is 0 Å². The van der Waals surface area contributed by atoms with E-state index >= 15 is 0 Å². The monoisotopic (exact) mass is 544 g/mol. The number of rotatable bonds is 7. The zero-order chi connectivity index (χ0) is 22.7. The molecular formula is C16H44O7Si7. The van der Waals surface area contributed by atoms with Gasteiger partial charge in [-0.25, -0.2) is 0 Å². The maximum Gasteiger partial charge on any atom is 0.343 e. The fourth-order valence-electron chi connectivity index (χ4n) is 3.49. The largest absolute Gasteiger partial charge is 0.425 e. The van der Waals surface area contributed by atoms with Crippen molar-refractivity contribution < 1.29 is 28.8 Å². The Bertz CT molecular complexity index is 522. The zero-order valence-corrected chi connectivity index (χ0v) is 28.6. The van der Waals surface area contributed by atoms with E-state index in [1.807, 2.05) is 0 Å². The Morgan fingerprint density at radius 1 is 0.633 bits per heavy atom. The maximum absolute atomic E-state index is 6.63. The van der Waals surface area contributed by atoms with Gasteiger partial charge in [-0.15, -0.1) is 0 Å². The summed E-state index contributed by atoms with van der Waals surface area (Å²) in [7, 11) is -13.0. The van der Waals surface area contributed by atoms with E-state index < -0.39 is 64.3 Å². The van der Waals surface area contributed by atoms with E-state index in [0.717, 1.165) is 6.42 Å². The van der Waals surface area contributed by atoms with Crippen LogP contribution in [-0.2, 0) is 28.8 Å². The maximum atomic E-state index is 6.63. The van der Waals surface area contributed by atoms with Gasteiger partial charge in [0.15, 0.2) is 0 Å². The molecule has 0 radical (unpaired) electrons. The summed E-state index contributed by atoms with van der Waals surface area (Å²) in [4.78, 5) is 0. The van der Waals surface area contributed by atoms with Gasteiger partial charge in [0, 0.05) is 0 Å². The molecule has 0 bridgehead atoms. The minimum atomic E-state index is -2.53. The van der Waals surface area contributed by atoms with E-state index in [1.165, 1.54) is 32.1 Å². The fraction of sp³-hybridized carbons (Fsp3) is 0.875. The topological polar surface area (TPSA) is 64.6 Å². The molecule has 1 aliphatic rings. The summed E-state index contributed by atoms with van der Waals surface area (Å²) in [6.45, 7) is 16.8. The number of hydrogen-bond acceptors (Lipinski definition) is 7. The van der Waals surface area contributed by atoms with Crippen molar-refractivity contribution in [3.8, 4) is 0 Å². The van der Waals surface area contributed by atoms with Gasteiger partial charge in [-0.3, -0.25) is 0 Å². The molecule has 0 aliphatic carbocycles. The third-order valence-corrected chi connectivity index (χ3v) is 25.4.